The number of nitrogens with one attached hydrogen (secondary N) is 1. The van der Waals surface area contributed by atoms with Crippen molar-refractivity contribution in [1.29, 1.82) is 0 Å². The summed E-state index contributed by atoms with van der Waals surface area (Å²) in [4.78, 5) is 0. The normalized spacial score (nSPS) is 26.8. The van der Waals surface area contributed by atoms with Crippen molar-refractivity contribution >= 4 is 35.0 Å². The van der Waals surface area contributed by atoms with E-state index in [1.54, 1.807) is 6.07 Å². The monoisotopic (exact) mass is 247 g/mol. The molecule has 0 bridgehead atoms. The van der Waals surface area contributed by atoms with Crippen LogP contribution in [0.3, 0.4) is 0 Å². The van der Waals surface area contributed by atoms with Gasteiger partial charge in [0.2, 0.25) is 0 Å². The van der Waals surface area contributed by atoms with Crippen LogP contribution in [0.2, 0.25) is 10.0 Å². The van der Waals surface area contributed by atoms with Crippen LogP contribution in [0.1, 0.15) is 17.9 Å². The highest BCUT2D eigenvalue weighted by molar-refractivity contribution is 7.99. The molecule has 14 heavy (non-hydrogen) atoms. The molecular formula is C10H11Cl2NS. The van der Waals surface area contributed by atoms with E-state index in [-0.39, 0.29) is 0 Å². The largest absolute Gasteiger partial charge is 0.298 e. The lowest BCUT2D eigenvalue weighted by atomic mass is 10.2. The van der Waals surface area contributed by atoms with Crippen LogP contribution in [0.4, 0.5) is 0 Å². The number of hydrogen-bond acceptors (Lipinski definition) is 2. The van der Waals surface area contributed by atoms with E-state index < -0.39 is 0 Å². The van der Waals surface area contributed by atoms with E-state index in [0.717, 1.165) is 16.3 Å². The van der Waals surface area contributed by atoms with Gasteiger partial charge >= 0.3 is 0 Å². The maximum atomic E-state index is 6.12. The summed E-state index contributed by atoms with van der Waals surface area (Å²) >= 11 is 13.8. The number of rotatable bonds is 1. The third-order valence-electron chi connectivity index (χ3n) is 2.19. The van der Waals surface area contributed by atoms with Crippen LogP contribution in [-0.2, 0) is 0 Å². The molecule has 0 aromatic heterocycles. The van der Waals surface area contributed by atoms with Crippen LogP contribution in [-0.4, -0.2) is 11.8 Å². The molecule has 4 heteroatoms. The van der Waals surface area contributed by atoms with E-state index in [0.29, 0.717) is 16.4 Å². The molecule has 76 valence electrons. The second-order valence-corrected chi connectivity index (χ2v) is 5.43. The molecule has 1 heterocycles. The molecule has 2 unspecified atom stereocenters. The highest BCUT2D eigenvalue weighted by Crippen LogP contribution is 2.37. The van der Waals surface area contributed by atoms with Gasteiger partial charge in [0, 0.05) is 21.8 Å². The average molecular weight is 248 g/mol. The maximum absolute atomic E-state index is 6.12. The van der Waals surface area contributed by atoms with E-state index in [1.165, 1.54) is 0 Å². The summed E-state index contributed by atoms with van der Waals surface area (Å²) in [6.07, 6.45) is 0. The topological polar surface area (TPSA) is 12.0 Å². The Morgan fingerprint density at radius 3 is 2.79 bits per heavy atom. The molecule has 0 saturated carbocycles. The van der Waals surface area contributed by atoms with Gasteiger partial charge in [-0.2, -0.15) is 0 Å². The smallest absolute Gasteiger partial charge is 0.0806 e. The Labute approximate surface area is 98.2 Å². The van der Waals surface area contributed by atoms with Crippen LogP contribution in [0.15, 0.2) is 18.2 Å². The summed E-state index contributed by atoms with van der Waals surface area (Å²) in [5.41, 5.74) is 1.13. The zero-order chi connectivity index (χ0) is 10.1. The molecule has 1 fully saturated rings. The van der Waals surface area contributed by atoms with Gasteiger partial charge < -0.3 is 0 Å². The predicted octanol–water partition coefficient (Wildman–Crippen LogP) is 3.72. The van der Waals surface area contributed by atoms with E-state index in [1.807, 2.05) is 23.9 Å². The molecule has 2 atom stereocenters. The molecule has 1 aromatic rings. The lowest BCUT2D eigenvalue weighted by molar-refractivity contribution is 0.618. The fourth-order valence-electron chi connectivity index (χ4n) is 1.49. The van der Waals surface area contributed by atoms with Crippen molar-refractivity contribution < 1.29 is 0 Å². The molecule has 1 aliphatic heterocycles. The van der Waals surface area contributed by atoms with Gasteiger partial charge in [-0.1, -0.05) is 29.3 Å². The minimum atomic E-state index is 0.315. The number of thioether (sulfide) groups is 1. The second kappa shape index (κ2) is 4.31. The minimum Gasteiger partial charge on any atom is -0.298 e. The summed E-state index contributed by atoms with van der Waals surface area (Å²) in [5, 5.41) is 5.22. The molecule has 1 N–H and O–H groups in total. The first kappa shape index (κ1) is 10.6. The third-order valence-corrected chi connectivity index (χ3v) is 4.17. The Morgan fingerprint density at radius 2 is 2.21 bits per heavy atom. The quantitative estimate of drug-likeness (QED) is 0.812. The fraction of sp³-hybridized carbons (Fsp3) is 0.400. The molecule has 0 spiro atoms. The molecule has 0 amide bonds. The molecular weight excluding hydrogens is 237 g/mol. The fourth-order valence-corrected chi connectivity index (χ4v) is 3.36. The van der Waals surface area contributed by atoms with Gasteiger partial charge in [0.05, 0.1) is 5.37 Å². The summed E-state index contributed by atoms with van der Waals surface area (Å²) in [6.45, 7) is 2.18. The second-order valence-electron chi connectivity index (χ2n) is 3.45. The van der Waals surface area contributed by atoms with Crippen molar-refractivity contribution in [2.24, 2.45) is 0 Å². The Hall–Kier alpha value is 0.110. The minimum absolute atomic E-state index is 0.315. The number of hydrogen-bond donors (Lipinski definition) is 1. The molecule has 1 aliphatic rings. The van der Waals surface area contributed by atoms with Crippen LogP contribution in [0, 0.1) is 0 Å². The first-order valence-electron chi connectivity index (χ1n) is 4.49. The SMILES string of the molecule is CC1CSC(c2ccc(Cl)cc2Cl)N1. The number of halogens is 2. The lowest BCUT2D eigenvalue weighted by Crippen LogP contribution is -2.22. The van der Waals surface area contributed by atoms with Crippen LogP contribution in [0.5, 0.6) is 0 Å². The van der Waals surface area contributed by atoms with Crippen LogP contribution in [0.25, 0.3) is 0 Å². The van der Waals surface area contributed by atoms with E-state index in [4.69, 9.17) is 23.2 Å². The number of benzene rings is 1. The Balaban J connectivity index is 2.24. The van der Waals surface area contributed by atoms with Crippen molar-refractivity contribution in [1.82, 2.24) is 5.32 Å². The molecule has 0 radical (unpaired) electrons. The van der Waals surface area contributed by atoms with Crippen molar-refractivity contribution in [3.63, 3.8) is 0 Å². The Kier molecular flexibility index (Phi) is 3.27. The standard InChI is InChI=1S/C10H11Cl2NS/c1-6-5-14-10(13-6)8-3-2-7(11)4-9(8)12/h2-4,6,10,13H,5H2,1H3. The zero-order valence-electron chi connectivity index (χ0n) is 7.76. The lowest BCUT2D eigenvalue weighted by Gasteiger charge is -2.12. The summed E-state index contributed by atoms with van der Waals surface area (Å²) in [6, 6.07) is 6.22. The van der Waals surface area contributed by atoms with Crippen LogP contribution < -0.4 is 5.32 Å². The molecule has 1 aromatic carbocycles. The third kappa shape index (κ3) is 2.19. The van der Waals surface area contributed by atoms with Gasteiger partial charge in [0.1, 0.15) is 0 Å². The average Bonchev–Trinajstić information content (AvgIpc) is 2.51. The van der Waals surface area contributed by atoms with Crippen molar-refractivity contribution in [3.05, 3.63) is 33.8 Å². The van der Waals surface area contributed by atoms with Gasteiger partial charge in [-0.3, -0.25) is 5.32 Å². The van der Waals surface area contributed by atoms with E-state index >= 15 is 0 Å². The first-order valence-corrected chi connectivity index (χ1v) is 6.30. The predicted molar refractivity (Wildman–Crippen MR) is 64.3 cm³/mol. The molecule has 2 rings (SSSR count). The highest BCUT2D eigenvalue weighted by Gasteiger charge is 2.23. The summed E-state index contributed by atoms with van der Waals surface area (Å²) in [7, 11) is 0. The van der Waals surface area contributed by atoms with E-state index in [2.05, 4.69) is 12.2 Å². The van der Waals surface area contributed by atoms with Crippen molar-refractivity contribution in [3.8, 4) is 0 Å². The van der Waals surface area contributed by atoms with Gasteiger partial charge in [-0.15, -0.1) is 11.8 Å². The van der Waals surface area contributed by atoms with Gasteiger partial charge in [0.15, 0.2) is 0 Å². The van der Waals surface area contributed by atoms with Gasteiger partial charge in [-0.05, 0) is 24.6 Å². The molecule has 1 saturated heterocycles. The van der Waals surface area contributed by atoms with Crippen molar-refractivity contribution in [2.45, 2.75) is 18.3 Å². The first-order chi connectivity index (χ1) is 6.66. The van der Waals surface area contributed by atoms with Crippen molar-refractivity contribution in [2.75, 3.05) is 5.75 Å². The van der Waals surface area contributed by atoms with Gasteiger partial charge in [-0.25, -0.2) is 0 Å². The Morgan fingerprint density at radius 1 is 1.43 bits per heavy atom. The Bertz CT molecular complexity index is 343. The highest BCUT2D eigenvalue weighted by atomic mass is 35.5. The summed E-state index contributed by atoms with van der Waals surface area (Å²) < 4.78 is 0. The van der Waals surface area contributed by atoms with E-state index in [9.17, 15) is 0 Å². The van der Waals surface area contributed by atoms with Crippen LogP contribution >= 0.6 is 35.0 Å². The molecule has 1 nitrogen and oxygen atoms in total. The molecule has 0 aliphatic carbocycles. The zero-order valence-corrected chi connectivity index (χ0v) is 10.1. The maximum Gasteiger partial charge on any atom is 0.0806 e. The van der Waals surface area contributed by atoms with Gasteiger partial charge in [0.25, 0.3) is 0 Å². The summed E-state index contributed by atoms with van der Waals surface area (Å²) in [5.74, 6) is 1.13.